The van der Waals surface area contributed by atoms with Crippen LogP contribution >= 0.6 is 34.7 Å². The minimum atomic E-state index is -0.169. The molecule has 0 spiro atoms. The highest BCUT2D eigenvalue weighted by molar-refractivity contribution is 7.98. The number of carbonyl (C=O) groups is 1. The summed E-state index contributed by atoms with van der Waals surface area (Å²) >= 11 is 9.14. The zero-order valence-electron chi connectivity index (χ0n) is 11.1. The molecule has 0 saturated heterocycles. The number of halogens is 1. The molecular formula is C15H11ClN2OS2. The van der Waals surface area contributed by atoms with Crippen LogP contribution in [0.2, 0.25) is 5.02 Å². The summed E-state index contributed by atoms with van der Waals surface area (Å²) in [6.45, 7) is 0. The van der Waals surface area contributed by atoms with Crippen molar-refractivity contribution in [3.05, 3.63) is 53.1 Å². The molecule has 6 heteroatoms. The number of benzene rings is 2. The van der Waals surface area contributed by atoms with Crippen molar-refractivity contribution < 1.29 is 4.79 Å². The van der Waals surface area contributed by atoms with Crippen molar-refractivity contribution in [1.82, 2.24) is 4.98 Å². The summed E-state index contributed by atoms with van der Waals surface area (Å²) in [5.74, 6) is -0.169. The van der Waals surface area contributed by atoms with Gasteiger partial charge in [0.05, 0.1) is 9.72 Å². The van der Waals surface area contributed by atoms with E-state index in [0.29, 0.717) is 15.7 Å². The highest BCUT2D eigenvalue weighted by Gasteiger charge is 2.11. The number of nitrogens with zero attached hydrogens (tertiary/aromatic N) is 1. The summed E-state index contributed by atoms with van der Waals surface area (Å²) < 4.78 is 0.954. The second-order valence-corrected chi connectivity index (χ2v) is 6.61. The third-order valence-corrected chi connectivity index (χ3v) is 4.93. The Morgan fingerprint density at radius 2 is 2.00 bits per heavy atom. The number of amides is 1. The van der Waals surface area contributed by atoms with E-state index in [1.165, 1.54) is 11.3 Å². The van der Waals surface area contributed by atoms with Crippen LogP contribution in [0.5, 0.6) is 0 Å². The molecule has 2 aromatic carbocycles. The van der Waals surface area contributed by atoms with Crippen LogP contribution in [0, 0.1) is 0 Å². The van der Waals surface area contributed by atoms with Crippen LogP contribution in [0.15, 0.2) is 47.4 Å². The molecule has 0 aliphatic carbocycles. The van der Waals surface area contributed by atoms with Gasteiger partial charge in [0, 0.05) is 10.5 Å². The SMILES string of the molecule is CSc1ccc(C(=O)Nc2nc3c(Cl)cccc3s2)cc1. The molecule has 3 aromatic rings. The highest BCUT2D eigenvalue weighted by Crippen LogP contribution is 2.30. The van der Waals surface area contributed by atoms with Gasteiger partial charge in [-0.2, -0.15) is 0 Å². The third kappa shape index (κ3) is 3.05. The molecule has 0 bridgehead atoms. The van der Waals surface area contributed by atoms with Crippen molar-refractivity contribution in [2.24, 2.45) is 0 Å². The summed E-state index contributed by atoms with van der Waals surface area (Å²) in [6, 6.07) is 13.1. The van der Waals surface area contributed by atoms with Crippen molar-refractivity contribution in [2.45, 2.75) is 4.90 Å². The monoisotopic (exact) mass is 334 g/mol. The van der Waals surface area contributed by atoms with E-state index in [4.69, 9.17) is 11.6 Å². The van der Waals surface area contributed by atoms with Gasteiger partial charge in [-0.3, -0.25) is 10.1 Å². The molecule has 3 nitrogen and oxygen atoms in total. The Morgan fingerprint density at radius 3 is 2.67 bits per heavy atom. The Bertz CT molecular complexity index is 799. The summed E-state index contributed by atoms with van der Waals surface area (Å²) in [5, 5.41) is 3.96. The lowest BCUT2D eigenvalue weighted by atomic mass is 10.2. The molecule has 1 amide bonds. The molecule has 0 aliphatic rings. The molecule has 0 fully saturated rings. The van der Waals surface area contributed by atoms with Gasteiger partial charge in [-0.25, -0.2) is 4.98 Å². The van der Waals surface area contributed by atoms with Crippen LogP contribution < -0.4 is 5.32 Å². The van der Waals surface area contributed by atoms with Crippen LogP contribution in [0.1, 0.15) is 10.4 Å². The quantitative estimate of drug-likeness (QED) is 0.691. The molecule has 0 saturated carbocycles. The number of thiazole rings is 1. The molecule has 0 unspecified atom stereocenters. The predicted molar refractivity (Wildman–Crippen MR) is 90.8 cm³/mol. The van der Waals surface area contributed by atoms with E-state index in [1.807, 2.05) is 42.7 Å². The molecule has 0 atom stereocenters. The Hall–Kier alpha value is -1.56. The molecule has 1 N–H and O–H groups in total. The van der Waals surface area contributed by atoms with E-state index in [9.17, 15) is 4.79 Å². The first-order valence-electron chi connectivity index (χ1n) is 6.18. The second-order valence-electron chi connectivity index (χ2n) is 4.29. The molecule has 21 heavy (non-hydrogen) atoms. The molecule has 1 aromatic heterocycles. The molecule has 0 aliphatic heterocycles. The lowest BCUT2D eigenvalue weighted by Gasteiger charge is -2.02. The molecule has 3 rings (SSSR count). The van der Waals surface area contributed by atoms with Gasteiger partial charge in [0.15, 0.2) is 5.13 Å². The summed E-state index contributed by atoms with van der Waals surface area (Å²) in [5.41, 5.74) is 1.33. The minimum absolute atomic E-state index is 0.169. The molecule has 0 radical (unpaired) electrons. The zero-order chi connectivity index (χ0) is 14.8. The number of rotatable bonds is 3. The number of thioether (sulfide) groups is 1. The second kappa shape index (κ2) is 6.05. The van der Waals surface area contributed by atoms with E-state index in [1.54, 1.807) is 17.8 Å². The Morgan fingerprint density at radius 1 is 1.24 bits per heavy atom. The fourth-order valence-electron chi connectivity index (χ4n) is 1.88. The van der Waals surface area contributed by atoms with E-state index in [2.05, 4.69) is 10.3 Å². The number of aromatic nitrogens is 1. The average Bonchev–Trinajstić information content (AvgIpc) is 2.91. The predicted octanol–water partition coefficient (Wildman–Crippen LogP) is 4.92. The maximum absolute atomic E-state index is 12.2. The van der Waals surface area contributed by atoms with E-state index >= 15 is 0 Å². The number of anilines is 1. The number of fused-ring (bicyclic) bond motifs is 1. The van der Waals surface area contributed by atoms with Gasteiger partial charge in [0.25, 0.3) is 5.91 Å². The number of para-hydroxylation sites is 1. The molecule has 106 valence electrons. The maximum atomic E-state index is 12.2. The Balaban J connectivity index is 1.83. The first kappa shape index (κ1) is 14.4. The zero-order valence-corrected chi connectivity index (χ0v) is 13.5. The normalized spacial score (nSPS) is 10.8. The van der Waals surface area contributed by atoms with Crippen LogP contribution in [0.4, 0.5) is 5.13 Å². The fourth-order valence-corrected chi connectivity index (χ4v) is 3.45. The lowest BCUT2D eigenvalue weighted by molar-refractivity contribution is 0.102. The van der Waals surface area contributed by atoms with Gasteiger partial charge in [0.1, 0.15) is 5.52 Å². The largest absolute Gasteiger partial charge is 0.298 e. The third-order valence-electron chi connectivity index (χ3n) is 2.94. The number of hydrogen-bond acceptors (Lipinski definition) is 4. The van der Waals surface area contributed by atoms with Crippen molar-refractivity contribution in [2.75, 3.05) is 11.6 Å². The maximum Gasteiger partial charge on any atom is 0.257 e. The number of hydrogen-bond donors (Lipinski definition) is 1. The summed E-state index contributed by atoms with van der Waals surface area (Å²) in [4.78, 5) is 17.7. The Kier molecular flexibility index (Phi) is 4.14. The lowest BCUT2D eigenvalue weighted by Crippen LogP contribution is -2.11. The van der Waals surface area contributed by atoms with Crippen LogP contribution in [0.25, 0.3) is 10.2 Å². The first-order chi connectivity index (χ1) is 10.2. The average molecular weight is 335 g/mol. The van der Waals surface area contributed by atoms with Gasteiger partial charge in [-0.15, -0.1) is 11.8 Å². The van der Waals surface area contributed by atoms with Gasteiger partial charge in [-0.1, -0.05) is 29.0 Å². The summed E-state index contributed by atoms with van der Waals surface area (Å²) in [6.07, 6.45) is 2.00. The number of carbonyl (C=O) groups excluding carboxylic acids is 1. The Labute approximate surface area is 135 Å². The van der Waals surface area contributed by atoms with E-state index in [-0.39, 0.29) is 5.91 Å². The van der Waals surface area contributed by atoms with Crippen LogP contribution in [-0.4, -0.2) is 17.1 Å². The molecular weight excluding hydrogens is 324 g/mol. The van der Waals surface area contributed by atoms with Gasteiger partial charge < -0.3 is 0 Å². The number of nitrogens with one attached hydrogen (secondary N) is 1. The van der Waals surface area contributed by atoms with Crippen molar-refractivity contribution in [1.29, 1.82) is 0 Å². The van der Waals surface area contributed by atoms with Crippen molar-refractivity contribution in [3.63, 3.8) is 0 Å². The van der Waals surface area contributed by atoms with E-state index < -0.39 is 0 Å². The fraction of sp³-hybridized carbons (Fsp3) is 0.0667. The van der Waals surface area contributed by atoms with Gasteiger partial charge in [-0.05, 0) is 42.7 Å². The van der Waals surface area contributed by atoms with Gasteiger partial charge >= 0.3 is 0 Å². The van der Waals surface area contributed by atoms with Crippen molar-refractivity contribution in [3.8, 4) is 0 Å². The minimum Gasteiger partial charge on any atom is -0.298 e. The topological polar surface area (TPSA) is 42.0 Å². The van der Waals surface area contributed by atoms with Crippen molar-refractivity contribution >= 4 is 56.0 Å². The van der Waals surface area contributed by atoms with Crippen LogP contribution in [-0.2, 0) is 0 Å². The molecule has 1 heterocycles. The van der Waals surface area contributed by atoms with E-state index in [0.717, 1.165) is 15.1 Å². The summed E-state index contributed by atoms with van der Waals surface area (Å²) in [7, 11) is 0. The van der Waals surface area contributed by atoms with Gasteiger partial charge in [0.2, 0.25) is 0 Å². The smallest absolute Gasteiger partial charge is 0.257 e. The van der Waals surface area contributed by atoms with Crippen LogP contribution in [0.3, 0.4) is 0 Å². The highest BCUT2D eigenvalue weighted by atomic mass is 35.5. The first-order valence-corrected chi connectivity index (χ1v) is 8.60. The standard InChI is InChI=1S/C15H11ClN2OS2/c1-20-10-7-5-9(6-8-10)14(19)18-15-17-13-11(16)3-2-4-12(13)21-15/h2-8H,1H3,(H,17,18,19).